The predicted octanol–water partition coefficient (Wildman–Crippen LogP) is 4.27. The van der Waals surface area contributed by atoms with E-state index in [1.54, 1.807) is 25.6 Å². The molecule has 3 rings (SSSR count). The summed E-state index contributed by atoms with van der Waals surface area (Å²) in [6.07, 6.45) is 0. The molecule has 0 aliphatic rings. The largest absolute Gasteiger partial charge is 0.493 e. The van der Waals surface area contributed by atoms with E-state index in [4.69, 9.17) is 21.1 Å². The Labute approximate surface area is 125 Å². The fraction of sp³-hybridized carbons (Fsp3) is 0.214. The van der Waals surface area contributed by atoms with Crippen molar-refractivity contribution in [2.45, 2.75) is 6.92 Å². The Balaban J connectivity index is 2.18. The van der Waals surface area contributed by atoms with E-state index in [2.05, 4.69) is 9.97 Å². The summed E-state index contributed by atoms with van der Waals surface area (Å²) >= 11 is 7.87. The van der Waals surface area contributed by atoms with Crippen molar-refractivity contribution in [2.24, 2.45) is 0 Å². The number of methoxy groups -OCH3 is 2. The normalized spacial score (nSPS) is 11.0. The molecule has 0 atom stereocenters. The van der Waals surface area contributed by atoms with Gasteiger partial charge in [0.2, 0.25) is 0 Å². The highest BCUT2D eigenvalue weighted by Gasteiger charge is 2.15. The molecule has 2 aromatic heterocycles. The number of nitrogens with zero attached hydrogens (tertiary/aromatic N) is 1. The van der Waals surface area contributed by atoms with Gasteiger partial charge in [-0.25, -0.2) is 4.98 Å². The van der Waals surface area contributed by atoms with Crippen molar-refractivity contribution in [3.8, 4) is 22.2 Å². The number of aryl methyl sites for hydroxylation is 1. The molecule has 1 N–H and O–H groups in total. The molecule has 0 fully saturated rings. The number of nitrogens with one attached hydrogen (secondary N) is 1. The van der Waals surface area contributed by atoms with Crippen molar-refractivity contribution >= 4 is 34.0 Å². The molecule has 0 bridgehead atoms. The van der Waals surface area contributed by atoms with Crippen molar-refractivity contribution in [1.29, 1.82) is 0 Å². The lowest BCUT2D eigenvalue weighted by Crippen LogP contribution is -1.89. The van der Waals surface area contributed by atoms with Crippen molar-refractivity contribution in [1.82, 2.24) is 9.97 Å². The number of ether oxygens (including phenoxy) is 2. The van der Waals surface area contributed by atoms with Gasteiger partial charge in [-0.05, 0) is 17.9 Å². The second-order valence-electron chi connectivity index (χ2n) is 4.37. The van der Waals surface area contributed by atoms with Crippen molar-refractivity contribution in [3.05, 3.63) is 28.1 Å². The van der Waals surface area contributed by atoms with Crippen LogP contribution in [-0.2, 0) is 0 Å². The smallest absolute Gasteiger partial charge is 0.163 e. The lowest BCUT2D eigenvalue weighted by atomic mass is 10.3. The molecule has 20 heavy (non-hydrogen) atoms. The average Bonchev–Trinajstić information content (AvgIpc) is 3.01. The van der Waals surface area contributed by atoms with Crippen LogP contribution in [0.2, 0.25) is 5.02 Å². The summed E-state index contributed by atoms with van der Waals surface area (Å²) < 4.78 is 10.6. The van der Waals surface area contributed by atoms with Gasteiger partial charge in [-0.15, -0.1) is 11.3 Å². The van der Waals surface area contributed by atoms with Crippen LogP contribution in [0.5, 0.6) is 11.5 Å². The maximum atomic E-state index is 6.29. The summed E-state index contributed by atoms with van der Waals surface area (Å²) in [6, 6.07) is 3.72. The first-order valence-electron chi connectivity index (χ1n) is 5.99. The number of thiophene rings is 1. The number of benzene rings is 1. The molecular weight excluding hydrogens is 296 g/mol. The Bertz CT molecular complexity index is 738. The van der Waals surface area contributed by atoms with E-state index < -0.39 is 0 Å². The summed E-state index contributed by atoms with van der Waals surface area (Å²) in [5.41, 5.74) is 2.77. The zero-order valence-electron chi connectivity index (χ0n) is 11.3. The number of halogens is 1. The SMILES string of the molecule is COc1cc2nc(-c3scc(C)c3Cl)[nH]c2cc1OC. The number of hydrogen-bond acceptors (Lipinski definition) is 4. The topological polar surface area (TPSA) is 47.1 Å². The fourth-order valence-electron chi connectivity index (χ4n) is 2.03. The van der Waals surface area contributed by atoms with Gasteiger partial charge in [0.25, 0.3) is 0 Å². The fourth-order valence-corrected chi connectivity index (χ4v) is 3.26. The Morgan fingerprint density at radius 1 is 1.20 bits per heavy atom. The first-order chi connectivity index (χ1) is 9.63. The van der Waals surface area contributed by atoms with Gasteiger partial charge in [-0.2, -0.15) is 0 Å². The third-order valence-corrected chi connectivity index (χ3v) is 4.81. The van der Waals surface area contributed by atoms with E-state index in [1.165, 1.54) is 0 Å². The van der Waals surface area contributed by atoms with Gasteiger partial charge in [-0.1, -0.05) is 11.6 Å². The molecule has 0 amide bonds. The minimum Gasteiger partial charge on any atom is -0.493 e. The second-order valence-corrected chi connectivity index (χ2v) is 5.63. The van der Waals surface area contributed by atoms with E-state index in [9.17, 15) is 0 Å². The molecule has 0 unspecified atom stereocenters. The minimum atomic E-state index is 0.659. The van der Waals surface area contributed by atoms with Crippen LogP contribution in [0.4, 0.5) is 0 Å². The number of hydrogen-bond donors (Lipinski definition) is 1. The summed E-state index contributed by atoms with van der Waals surface area (Å²) in [5, 5.41) is 2.76. The lowest BCUT2D eigenvalue weighted by molar-refractivity contribution is 0.356. The zero-order valence-corrected chi connectivity index (χ0v) is 12.9. The molecule has 0 aliphatic carbocycles. The number of aromatic amines is 1. The third-order valence-electron chi connectivity index (χ3n) is 3.10. The number of fused-ring (bicyclic) bond motifs is 1. The van der Waals surface area contributed by atoms with Crippen LogP contribution >= 0.6 is 22.9 Å². The van der Waals surface area contributed by atoms with E-state index in [0.29, 0.717) is 11.5 Å². The summed E-state index contributed by atoms with van der Waals surface area (Å²) in [4.78, 5) is 8.79. The number of rotatable bonds is 3. The van der Waals surface area contributed by atoms with Gasteiger partial charge in [-0.3, -0.25) is 0 Å². The maximum absolute atomic E-state index is 6.29. The summed E-state index contributed by atoms with van der Waals surface area (Å²) in [7, 11) is 3.22. The van der Waals surface area contributed by atoms with E-state index >= 15 is 0 Å². The highest BCUT2D eigenvalue weighted by atomic mass is 35.5. The van der Waals surface area contributed by atoms with E-state index in [0.717, 1.165) is 32.3 Å². The number of aromatic nitrogens is 2. The molecule has 1 aromatic carbocycles. The molecule has 0 saturated heterocycles. The first kappa shape index (κ1) is 13.3. The maximum Gasteiger partial charge on any atom is 0.163 e. The Morgan fingerprint density at radius 2 is 1.90 bits per heavy atom. The van der Waals surface area contributed by atoms with E-state index in [1.807, 2.05) is 24.4 Å². The van der Waals surface area contributed by atoms with Gasteiger partial charge < -0.3 is 14.5 Å². The predicted molar refractivity (Wildman–Crippen MR) is 82.3 cm³/mol. The van der Waals surface area contributed by atoms with Gasteiger partial charge in [0.15, 0.2) is 11.5 Å². The van der Waals surface area contributed by atoms with Crippen molar-refractivity contribution < 1.29 is 9.47 Å². The molecule has 0 aliphatic heterocycles. The van der Waals surface area contributed by atoms with Crippen LogP contribution in [0.15, 0.2) is 17.5 Å². The third kappa shape index (κ3) is 2.03. The average molecular weight is 309 g/mol. The Kier molecular flexibility index (Phi) is 3.31. The summed E-state index contributed by atoms with van der Waals surface area (Å²) in [5.74, 6) is 2.09. The Morgan fingerprint density at radius 3 is 2.50 bits per heavy atom. The van der Waals surface area contributed by atoms with Crippen LogP contribution < -0.4 is 9.47 Å². The summed E-state index contributed by atoms with van der Waals surface area (Å²) in [6.45, 7) is 1.98. The second kappa shape index (κ2) is 5.00. The molecule has 0 radical (unpaired) electrons. The van der Waals surface area contributed by atoms with Crippen LogP contribution in [0.1, 0.15) is 5.56 Å². The van der Waals surface area contributed by atoms with Crippen molar-refractivity contribution in [3.63, 3.8) is 0 Å². The van der Waals surface area contributed by atoms with Gasteiger partial charge in [0.1, 0.15) is 5.82 Å². The quantitative estimate of drug-likeness (QED) is 0.786. The first-order valence-corrected chi connectivity index (χ1v) is 7.25. The van der Waals surface area contributed by atoms with Gasteiger partial charge in [0.05, 0.1) is 35.2 Å². The van der Waals surface area contributed by atoms with E-state index in [-0.39, 0.29) is 0 Å². The Hall–Kier alpha value is -1.72. The number of imidazole rings is 1. The van der Waals surface area contributed by atoms with Gasteiger partial charge in [0, 0.05) is 12.1 Å². The molecule has 104 valence electrons. The molecule has 6 heteroatoms. The molecular formula is C14H13ClN2O2S. The van der Waals surface area contributed by atoms with Crippen LogP contribution in [0.25, 0.3) is 21.7 Å². The molecule has 0 spiro atoms. The highest BCUT2D eigenvalue weighted by Crippen LogP contribution is 2.37. The molecule has 0 saturated carbocycles. The standard InChI is InChI=1S/C14H13ClN2O2S/c1-7-6-20-13(12(7)15)14-16-8-4-10(18-2)11(19-3)5-9(8)17-14/h4-6H,1-3H3,(H,16,17). The van der Waals surface area contributed by atoms with Crippen LogP contribution in [-0.4, -0.2) is 24.2 Å². The van der Waals surface area contributed by atoms with Crippen LogP contribution in [0.3, 0.4) is 0 Å². The lowest BCUT2D eigenvalue weighted by Gasteiger charge is -2.06. The van der Waals surface area contributed by atoms with Crippen molar-refractivity contribution in [2.75, 3.05) is 14.2 Å². The minimum absolute atomic E-state index is 0.659. The zero-order chi connectivity index (χ0) is 14.3. The molecule has 3 aromatic rings. The van der Waals surface area contributed by atoms with Crippen LogP contribution in [0, 0.1) is 6.92 Å². The number of H-pyrrole nitrogens is 1. The van der Waals surface area contributed by atoms with Gasteiger partial charge >= 0.3 is 0 Å². The highest BCUT2D eigenvalue weighted by molar-refractivity contribution is 7.14. The molecule has 4 nitrogen and oxygen atoms in total. The molecule has 2 heterocycles. The monoisotopic (exact) mass is 308 g/mol.